The highest BCUT2D eigenvalue weighted by molar-refractivity contribution is 7.11. The minimum absolute atomic E-state index is 0.0565. The average Bonchev–Trinajstić information content (AvgIpc) is 2.59. The summed E-state index contributed by atoms with van der Waals surface area (Å²) >= 11 is 1.18. The first-order chi connectivity index (χ1) is 8.45. The van der Waals surface area contributed by atoms with Crippen LogP contribution in [0.15, 0.2) is 0 Å². The van der Waals surface area contributed by atoms with Crippen LogP contribution in [0, 0.1) is 0 Å². The number of carbonyl (C=O) groups excluding carboxylic acids is 1. The number of amides is 1. The van der Waals surface area contributed by atoms with Crippen molar-refractivity contribution in [1.29, 1.82) is 0 Å². The highest BCUT2D eigenvalue weighted by atomic mass is 32.1. The second kappa shape index (κ2) is 6.55. The summed E-state index contributed by atoms with van der Waals surface area (Å²) in [5, 5.41) is 6.66. The number of methoxy groups -OCH3 is 1. The first kappa shape index (κ1) is 14.7. The topological polar surface area (TPSA) is 89.3 Å². The number of nitrogens with two attached hydrogens (primary N) is 1. The van der Waals surface area contributed by atoms with E-state index >= 15 is 0 Å². The zero-order valence-electron chi connectivity index (χ0n) is 11.1. The lowest BCUT2D eigenvalue weighted by molar-refractivity contribution is 0.0945. The smallest absolute Gasteiger partial charge is 0.258 e. The lowest BCUT2D eigenvalue weighted by Gasteiger charge is -2.14. The zero-order chi connectivity index (χ0) is 13.7. The molecule has 0 saturated heterocycles. The van der Waals surface area contributed by atoms with Crippen molar-refractivity contribution in [1.82, 2.24) is 9.69 Å². The third kappa shape index (κ3) is 3.85. The van der Waals surface area contributed by atoms with Gasteiger partial charge in [0.15, 0.2) is 5.82 Å². The SMILES string of the molecule is COCC(C)Nc1snc(N)c1C(=O)NC(C)C. The van der Waals surface area contributed by atoms with Crippen molar-refractivity contribution in [2.24, 2.45) is 0 Å². The molecule has 0 spiro atoms. The van der Waals surface area contributed by atoms with Gasteiger partial charge in [0.2, 0.25) is 0 Å². The lowest BCUT2D eigenvalue weighted by atomic mass is 10.2. The third-order valence-electron chi connectivity index (χ3n) is 2.16. The van der Waals surface area contributed by atoms with Crippen molar-refractivity contribution in [2.45, 2.75) is 32.9 Å². The van der Waals surface area contributed by atoms with Gasteiger partial charge in [-0.15, -0.1) is 0 Å². The Balaban J connectivity index is 2.84. The summed E-state index contributed by atoms with van der Waals surface area (Å²) in [5.74, 6) is 0.0497. The average molecular weight is 272 g/mol. The fourth-order valence-corrected chi connectivity index (χ4v) is 2.29. The predicted molar refractivity (Wildman–Crippen MR) is 74.1 cm³/mol. The van der Waals surface area contributed by atoms with Gasteiger partial charge < -0.3 is 21.1 Å². The molecule has 1 amide bonds. The maximum atomic E-state index is 12.0. The molecule has 0 aliphatic carbocycles. The van der Waals surface area contributed by atoms with E-state index in [-0.39, 0.29) is 23.8 Å². The van der Waals surface area contributed by atoms with E-state index in [9.17, 15) is 4.79 Å². The molecule has 0 aromatic carbocycles. The molecule has 6 nitrogen and oxygen atoms in total. The highest BCUT2D eigenvalue weighted by Crippen LogP contribution is 2.27. The Labute approximate surface area is 111 Å². The van der Waals surface area contributed by atoms with E-state index in [1.54, 1.807) is 7.11 Å². The summed E-state index contributed by atoms with van der Waals surface area (Å²) in [6, 6.07) is 0.140. The molecule has 18 heavy (non-hydrogen) atoms. The maximum absolute atomic E-state index is 12.0. The first-order valence-electron chi connectivity index (χ1n) is 5.77. The quantitative estimate of drug-likeness (QED) is 0.726. The molecule has 0 aliphatic rings. The second-order valence-electron chi connectivity index (χ2n) is 4.40. The summed E-state index contributed by atoms with van der Waals surface area (Å²) in [6.45, 7) is 6.30. The fraction of sp³-hybridized carbons (Fsp3) is 0.636. The molecule has 0 aliphatic heterocycles. The molecular weight excluding hydrogens is 252 g/mol. The van der Waals surface area contributed by atoms with Gasteiger partial charge in [-0.25, -0.2) is 0 Å². The Bertz CT molecular complexity index is 406. The second-order valence-corrected chi connectivity index (χ2v) is 5.17. The molecule has 1 atom stereocenters. The van der Waals surface area contributed by atoms with Crippen LogP contribution in [0.2, 0.25) is 0 Å². The van der Waals surface area contributed by atoms with E-state index < -0.39 is 0 Å². The van der Waals surface area contributed by atoms with Gasteiger partial charge in [0.05, 0.1) is 6.61 Å². The molecule has 1 aromatic rings. The first-order valence-corrected chi connectivity index (χ1v) is 6.54. The van der Waals surface area contributed by atoms with E-state index in [1.807, 2.05) is 20.8 Å². The number of rotatable bonds is 6. The van der Waals surface area contributed by atoms with Crippen LogP contribution in [0.25, 0.3) is 0 Å². The van der Waals surface area contributed by atoms with Crippen molar-refractivity contribution in [3.63, 3.8) is 0 Å². The fourth-order valence-electron chi connectivity index (χ4n) is 1.47. The molecule has 4 N–H and O–H groups in total. The molecule has 102 valence electrons. The van der Waals surface area contributed by atoms with Crippen LogP contribution in [-0.4, -0.2) is 36.1 Å². The number of nitrogen functional groups attached to an aromatic ring is 1. The van der Waals surface area contributed by atoms with Gasteiger partial charge in [-0.05, 0) is 32.3 Å². The number of ether oxygens (including phenoxy) is 1. The molecule has 1 heterocycles. The Morgan fingerprint density at radius 3 is 2.72 bits per heavy atom. The van der Waals surface area contributed by atoms with Gasteiger partial charge in [0.25, 0.3) is 5.91 Å². The number of anilines is 2. The van der Waals surface area contributed by atoms with Crippen LogP contribution in [0.1, 0.15) is 31.1 Å². The van der Waals surface area contributed by atoms with Crippen molar-refractivity contribution in [2.75, 3.05) is 24.8 Å². The van der Waals surface area contributed by atoms with Crippen molar-refractivity contribution < 1.29 is 9.53 Å². The van der Waals surface area contributed by atoms with Gasteiger partial charge in [-0.3, -0.25) is 4.79 Å². The monoisotopic (exact) mass is 272 g/mol. The van der Waals surface area contributed by atoms with Crippen LogP contribution in [0.5, 0.6) is 0 Å². The molecule has 0 fully saturated rings. The van der Waals surface area contributed by atoms with Gasteiger partial charge >= 0.3 is 0 Å². The Morgan fingerprint density at radius 2 is 2.17 bits per heavy atom. The molecule has 0 radical (unpaired) electrons. The van der Waals surface area contributed by atoms with Gasteiger partial charge in [0, 0.05) is 19.2 Å². The molecule has 0 saturated carbocycles. The summed E-state index contributed by atoms with van der Waals surface area (Å²) < 4.78 is 9.05. The normalized spacial score (nSPS) is 12.5. The minimum atomic E-state index is -0.205. The summed E-state index contributed by atoms with van der Waals surface area (Å²) in [4.78, 5) is 12.0. The van der Waals surface area contributed by atoms with Crippen LogP contribution >= 0.6 is 11.5 Å². The van der Waals surface area contributed by atoms with E-state index in [0.717, 1.165) is 0 Å². The molecule has 1 unspecified atom stereocenters. The van der Waals surface area contributed by atoms with Gasteiger partial charge in [-0.2, -0.15) is 4.37 Å². The zero-order valence-corrected chi connectivity index (χ0v) is 11.9. The number of nitrogens with one attached hydrogen (secondary N) is 2. The molecule has 0 bridgehead atoms. The van der Waals surface area contributed by atoms with E-state index in [1.165, 1.54) is 11.5 Å². The van der Waals surface area contributed by atoms with E-state index in [0.29, 0.717) is 17.2 Å². The summed E-state index contributed by atoms with van der Waals surface area (Å²) in [6.07, 6.45) is 0. The van der Waals surface area contributed by atoms with E-state index in [2.05, 4.69) is 15.0 Å². The van der Waals surface area contributed by atoms with Crippen LogP contribution in [-0.2, 0) is 4.74 Å². The standard InChI is InChI=1S/C11H20N4O2S/c1-6(2)13-10(16)8-9(12)15-18-11(8)14-7(3)5-17-4/h6-7,14H,5H2,1-4H3,(H2,12,15)(H,13,16). The molecule has 1 rings (SSSR count). The van der Waals surface area contributed by atoms with Crippen LogP contribution < -0.4 is 16.4 Å². The molecular formula is C11H20N4O2S. The molecule has 1 aromatic heterocycles. The number of hydrogen-bond donors (Lipinski definition) is 3. The predicted octanol–water partition coefficient (Wildman–Crippen LogP) is 1.31. The lowest BCUT2D eigenvalue weighted by Crippen LogP contribution is -2.31. The Hall–Kier alpha value is -1.34. The van der Waals surface area contributed by atoms with Crippen LogP contribution in [0.4, 0.5) is 10.8 Å². The Morgan fingerprint density at radius 1 is 1.50 bits per heavy atom. The number of aromatic nitrogens is 1. The van der Waals surface area contributed by atoms with Crippen molar-refractivity contribution >= 4 is 28.3 Å². The van der Waals surface area contributed by atoms with Crippen molar-refractivity contribution in [3.05, 3.63) is 5.56 Å². The Kier molecular flexibility index (Phi) is 5.36. The van der Waals surface area contributed by atoms with Crippen molar-refractivity contribution in [3.8, 4) is 0 Å². The number of hydrogen-bond acceptors (Lipinski definition) is 6. The summed E-state index contributed by atoms with van der Waals surface area (Å²) in [7, 11) is 1.63. The minimum Gasteiger partial charge on any atom is -0.383 e. The largest absolute Gasteiger partial charge is 0.383 e. The van der Waals surface area contributed by atoms with Gasteiger partial charge in [-0.1, -0.05) is 0 Å². The number of nitrogens with zero attached hydrogens (tertiary/aromatic N) is 1. The van der Waals surface area contributed by atoms with Gasteiger partial charge in [0.1, 0.15) is 10.6 Å². The third-order valence-corrected chi connectivity index (χ3v) is 2.95. The van der Waals surface area contributed by atoms with E-state index in [4.69, 9.17) is 10.5 Å². The highest BCUT2D eigenvalue weighted by Gasteiger charge is 2.20. The number of carbonyl (C=O) groups is 1. The maximum Gasteiger partial charge on any atom is 0.258 e. The van der Waals surface area contributed by atoms with Crippen LogP contribution in [0.3, 0.4) is 0 Å². The summed E-state index contributed by atoms with van der Waals surface area (Å²) in [5.41, 5.74) is 6.15. The molecule has 7 heteroatoms.